The van der Waals surface area contributed by atoms with Crippen LogP contribution in [0.4, 0.5) is 4.79 Å². The lowest BCUT2D eigenvalue weighted by Crippen LogP contribution is -2.51. The molecule has 2 aliphatic rings. The topological polar surface area (TPSA) is 120 Å². The fourth-order valence-electron chi connectivity index (χ4n) is 5.16. The van der Waals surface area contributed by atoms with Gasteiger partial charge in [-0.05, 0) is 53.4 Å². The Morgan fingerprint density at radius 1 is 1.13 bits per heavy atom. The van der Waals surface area contributed by atoms with Gasteiger partial charge in [0.1, 0.15) is 18.7 Å². The molecular formula is C30H36N4O4. The summed E-state index contributed by atoms with van der Waals surface area (Å²) in [7, 11) is 0. The molecule has 0 saturated carbocycles. The number of carbonyl (C=O) groups is 3. The van der Waals surface area contributed by atoms with Gasteiger partial charge >= 0.3 is 6.09 Å². The van der Waals surface area contributed by atoms with Crippen molar-refractivity contribution in [2.24, 2.45) is 11.3 Å². The van der Waals surface area contributed by atoms with Crippen LogP contribution >= 0.6 is 0 Å². The lowest BCUT2D eigenvalue weighted by atomic mass is 9.87. The first-order chi connectivity index (χ1) is 18.9. The number of benzene rings is 2. The number of nitrogens with one attached hydrogen (secondary N) is 3. The zero-order chi connectivity index (χ0) is 29.1. The zero-order valence-electron chi connectivity index (χ0n) is 24.0. The largest absolute Gasteiger partial charge is 0.449 e. The first-order valence-corrected chi connectivity index (χ1v) is 13.0. The zero-order valence-corrected chi connectivity index (χ0v) is 22.0. The van der Waals surface area contributed by atoms with Crippen molar-refractivity contribution in [3.8, 4) is 17.2 Å². The minimum atomic E-state index is -1.77. The molecule has 1 saturated heterocycles. The number of alkyl carbamates (subject to hydrolysis) is 1. The number of nitriles is 1. The van der Waals surface area contributed by atoms with E-state index in [1.165, 1.54) is 0 Å². The highest BCUT2D eigenvalue weighted by molar-refractivity contribution is 5.86. The van der Waals surface area contributed by atoms with Gasteiger partial charge in [-0.1, -0.05) is 69.3 Å². The first kappa shape index (κ1) is 24.5. The monoisotopic (exact) mass is 518 g/mol. The Balaban J connectivity index is 1.39. The Labute approximate surface area is 226 Å². The molecule has 0 spiro atoms. The molecule has 1 aliphatic carbocycles. The van der Waals surface area contributed by atoms with Crippen LogP contribution in [0, 0.1) is 22.7 Å². The Kier molecular flexibility index (Phi) is 7.52. The predicted molar refractivity (Wildman–Crippen MR) is 144 cm³/mol. The summed E-state index contributed by atoms with van der Waals surface area (Å²) in [5.74, 6) is -1.73. The highest BCUT2D eigenvalue weighted by Gasteiger charge is 2.32. The van der Waals surface area contributed by atoms with Crippen molar-refractivity contribution in [1.82, 2.24) is 16.0 Å². The molecule has 0 radical (unpaired) electrons. The van der Waals surface area contributed by atoms with E-state index in [9.17, 15) is 19.6 Å². The lowest BCUT2D eigenvalue weighted by Gasteiger charge is -2.28. The van der Waals surface area contributed by atoms with Crippen LogP contribution in [-0.4, -0.2) is 43.1 Å². The van der Waals surface area contributed by atoms with E-state index in [0.29, 0.717) is 6.42 Å². The number of hydrogen-bond donors (Lipinski definition) is 3. The molecule has 0 unspecified atom stereocenters. The molecule has 2 aromatic carbocycles. The van der Waals surface area contributed by atoms with Crippen LogP contribution in [0.1, 0.15) is 66.2 Å². The maximum atomic E-state index is 13.2. The normalized spacial score (nSPS) is 20.4. The molecule has 38 heavy (non-hydrogen) atoms. The third kappa shape index (κ3) is 6.52. The summed E-state index contributed by atoms with van der Waals surface area (Å²) in [5.41, 5.74) is 4.06. The van der Waals surface area contributed by atoms with E-state index >= 15 is 0 Å². The van der Waals surface area contributed by atoms with Crippen molar-refractivity contribution in [3.63, 3.8) is 0 Å². The Morgan fingerprint density at radius 3 is 2.34 bits per heavy atom. The Hall–Kier alpha value is -3.86. The molecule has 200 valence electrons. The van der Waals surface area contributed by atoms with E-state index in [1.54, 1.807) is 0 Å². The van der Waals surface area contributed by atoms with Crippen molar-refractivity contribution in [1.29, 1.82) is 5.26 Å². The van der Waals surface area contributed by atoms with Gasteiger partial charge in [0, 0.05) is 21.1 Å². The fraction of sp³-hybridized carbons (Fsp3) is 0.467. The number of rotatable bonds is 8. The van der Waals surface area contributed by atoms with E-state index in [0.717, 1.165) is 22.3 Å². The van der Waals surface area contributed by atoms with Gasteiger partial charge in [-0.25, -0.2) is 4.79 Å². The number of fused-ring (bicyclic) bond motifs is 3. The van der Waals surface area contributed by atoms with E-state index in [1.807, 2.05) is 63.2 Å². The van der Waals surface area contributed by atoms with E-state index < -0.39 is 42.4 Å². The highest BCUT2D eigenvalue weighted by Crippen LogP contribution is 2.44. The molecule has 3 amide bonds. The van der Waals surface area contributed by atoms with Gasteiger partial charge in [0.05, 0.1) is 6.07 Å². The van der Waals surface area contributed by atoms with Gasteiger partial charge in [-0.15, -0.1) is 0 Å². The smallest absolute Gasteiger partial charge is 0.407 e. The number of amides is 3. The number of carbonyl (C=O) groups excluding carboxylic acids is 3. The maximum absolute atomic E-state index is 13.2. The van der Waals surface area contributed by atoms with Crippen LogP contribution in [0.2, 0.25) is 0 Å². The molecule has 8 heteroatoms. The van der Waals surface area contributed by atoms with Crippen LogP contribution in [-0.2, 0) is 14.3 Å². The van der Waals surface area contributed by atoms with Crippen molar-refractivity contribution < 1.29 is 21.9 Å². The second kappa shape index (κ2) is 11.7. The van der Waals surface area contributed by atoms with E-state index in [2.05, 4.69) is 28.1 Å². The number of nitrogens with zero attached hydrogens (tertiary/aromatic N) is 1. The van der Waals surface area contributed by atoms with Crippen LogP contribution in [0.25, 0.3) is 11.1 Å². The van der Waals surface area contributed by atoms with Gasteiger partial charge in [-0.3, -0.25) is 9.59 Å². The van der Waals surface area contributed by atoms with Crippen molar-refractivity contribution in [2.45, 2.75) is 64.5 Å². The molecule has 3 N–H and O–H groups in total. The van der Waals surface area contributed by atoms with Crippen molar-refractivity contribution in [2.75, 3.05) is 13.1 Å². The summed E-state index contributed by atoms with van der Waals surface area (Å²) in [5, 5.41) is 17.3. The SMILES string of the molecule is [2H]C1([2H])CC[C@@H](C[C@@H](C#N)NC(=O)[C@H](CC(C)(C)C)NC(=O)OCC2c3ccccc3-c3ccccc32)C(=O)N1. The maximum Gasteiger partial charge on any atom is 0.407 e. The van der Waals surface area contributed by atoms with E-state index in [4.69, 9.17) is 7.48 Å². The Morgan fingerprint density at radius 2 is 1.76 bits per heavy atom. The number of hydrogen-bond acceptors (Lipinski definition) is 5. The molecule has 4 rings (SSSR count). The minimum absolute atomic E-state index is 0.0529. The second-order valence-electron chi connectivity index (χ2n) is 11.1. The standard InChI is InChI=1S/C30H36N4O4/c1-30(2,3)16-26(28(36)33-20(17-31)15-19-9-8-14-32-27(19)35)34-29(37)38-18-25-23-12-6-4-10-21(23)22-11-5-7-13-24(22)25/h4-7,10-13,19-20,25-26H,8-9,14-16,18H2,1-3H3,(H,32,35)(H,33,36)(H,34,37)/t19-,20-,26-/m0/s1/i14D2. The quantitative estimate of drug-likeness (QED) is 0.482. The summed E-state index contributed by atoms with van der Waals surface area (Å²) in [6.45, 7) is 4.15. The third-order valence-corrected chi connectivity index (χ3v) is 6.96. The molecular weight excluding hydrogens is 480 g/mol. The molecule has 1 fully saturated rings. The third-order valence-electron chi connectivity index (χ3n) is 6.96. The molecule has 3 atom stereocenters. The average molecular weight is 519 g/mol. The molecule has 0 bridgehead atoms. The Bertz CT molecular complexity index is 1270. The second-order valence-corrected chi connectivity index (χ2v) is 11.1. The average Bonchev–Trinajstić information content (AvgIpc) is 3.20. The number of piperidine rings is 1. The van der Waals surface area contributed by atoms with E-state index in [-0.39, 0.29) is 37.2 Å². The van der Waals surface area contributed by atoms with Crippen molar-refractivity contribution >= 4 is 17.9 Å². The summed E-state index contributed by atoms with van der Waals surface area (Å²) >= 11 is 0. The minimum Gasteiger partial charge on any atom is -0.449 e. The van der Waals surface area contributed by atoms with Gasteiger partial charge in [-0.2, -0.15) is 5.26 Å². The summed E-state index contributed by atoms with van der Waals surface area (Å²) < 4.78 is 21.0. The highest BCUT2D eigenvalue weighted by atomic mass is 16.5. The number of ether oxygens (including phenoxy) is 1. The van der Waals surface area contributed by atoms with Crippen molar-refractivity contribution in [3.05, 3.63) is 59.7 Å². The van der Waals surface area contributed by atoms with Crippen LogP contribution in [0.5, 0.6) is 0 Å². The first-order valence-electron chi connectivity index (χ1n) is 14.0. The van der Waals surface area contributed by atoms with Gasteiger partial charge < -0.3 is 20.7 Å². The molecule has 8 nitrogen and oxygen atoms in total. The predicted octanol–water partition coefficient (Wildman–Crippen LogP) is 4.25. The fourth-order valence-corrected chi connectivity index (χ4v) is 5.16. The molecule has 1 aliphatic heterocycles. The van der Waals surface area contributed by atoms with Crippen LogP contribution in [0.3, 0.4) is 0 Å². The molecule has 2 aromatic rings. The van der Waals surface area contributed by atoms with Gasteiger partial charge in [0.2, 0.25) is 11.8 Å². The molecule has 1 heterocycles. The van der Waals surface area contributed by atoms with Gasteiger partial charge in [0.15, 0.2) is 0 Å². The lowest BCUT2D eigenvalue weighted by molar-refractivity contribution is -0.128. The van der Waals surface area contributed by atoms with Crippen LogP contribution in [0.15, 0.2) is 48.5 Å². The summed E-state index contributed by atoms with van der Waals surface area (Å²) in [6.07, 6.45) is 0.0263. The van der Waals surface area contributed by atoms with Crippen LogP contribution < -0.4 is 16.0 Å². The summed E-state index contributed by atoms with van der Waals surface area (Å²) in [4.78, 5) is 38.5. The molecule has 0 aromatic heterocycles. The summed E-state index contributed by atoms with van der Waals surface area (Å²) in [6, 6.07) is 16.1. The van der Waals surface area contributed by atoms with Gasteiger partial charge in [0.25, 0.3) is 0 Å².